The molecule has 1 aliphatic rings. The van der Waals surface area contributed by atoms with E-state index < -0.39 is 21.8 Å². The third-order valence-corrected chi connectivity index (χ3v) is 10.0. The fourth-order valence-electron chi connectivity index (χ4n) is 1.96. The molecule has 0 fully saturated rings. The van der Waals surface area contributed by atoms with Gasteiger partial charge in [-0.15, -0.1) is 0 Å². The van der Waals surface area contributed by atoms with Gasteiger partial charge in [0.2, 0.25) is 0 Å². The van der Waals surface area contributed by atoms with Crippen LogP contribution in [0, 0.1) is 0 Å². The molecule has 0 spiro atoms. The van der Waals surface area contributed by atoms with E-state index in [1.165, 1.54) is 11.1 Å². The van der Waals surface area contributed by atoms with Crippen molar-refractivity contribution in [2.75, 3.05) is 0 Å². The van der Waals surface area contributed by atoms with Crippen LogP contribution in [0.15, 0.2) is 62.2 Å². The molecule has 0 saturated carbocycles. The average molecular weight is 414 g/mol. The second-order valence-electron chi connectivity index (χ2n) is 4.00. The molecule has 1 aliphatic heterocycles. The molecule has 0 amide bonds. The molecular formula is C16H13Bi. The predicted octanol–water partition coefficient (Wildman–Crippen LogP) is 3.21. The van der Waals surface area contributed by atoms with Crippen LogP contribution in [0.5, 0.6) is 0 Å². The SMILES string of the molecule is C1=[CH][Bi]([c]2ccccc2)[CH]=Cc2ccccc21. The molecule has 0 radical (unpaired) electrons. The van der Waals surface area contributed by atoms with Gasteiger partial charge < -0.3 is 0 Å². The molecular weight excluding hydrogens is 401 g/mol. The van der Waals surface area contributed by atoms with Gasteiger partial charge >= 0.3 is 110 Å². The first-order valence-electron chi connectivity index (χ1n) is 5.72. The summed E-state index contributed by atoms with van der Waals surface area (Å²) in [5, 5.41) is 0. The standard InChI is InChI=1S/C10H8.C6H5.Bi/c1-3-9-7-5-6-8-10(9)4-2;1-2-4-6-5-3-1;/h1-8H;1-5H;. The Balaban J connectivity index is 1.99. The van der Waals surface area contributed by atoms with Crippen molar-refractivity contribution >= 4 is 37.2 Å². The molecule has 2 aromatic carbocycles. The summed E-state index contributed by atoms with van der Waals surface area (Å²) >= 11 is -1.76. The van der Waals surface area contributed by atoms with Crippen molar-refractivity contribution in [3.63, 3.8) is 0 Å². The van der Waals surface area contributed by atoms with E-state index in [4.69, 9.17) is 0 Å². The van der Waals surface area contributed by atoms with E-state index in [1.807, 2.05) is 0 Å². The van der Waals surface area contributed by atoms with Crippen LogP contribution >= 0.6 is 0 Å². The van der Waals surface area contributed by atoms with Crippen molar-refractivity contribution < 1.29 is 0 Å². The van der Waals surface area contributed by atoms with Crippen LogP contribution in [-0.2, 0) is 0 Å². The number of rotatable bonds is 1. The van der Waals surface area contributed by atoms with Gasteiger partial charge in [-0.25, -0.2) is 0 Å². The third kappa shape index (κ3) is 2.40. The summed E-state index contributed by atoms with van der Waals surface area (Å²) in [4.78, 5) is 0. The molecule has 2 aromatic rings. The summed E-state index contributed by atoms with van der Waals surface area (Å²) < 4.78 is 6.47. The van der Waals surface area contributed by atoms with E-state index in [-0.39, 0.29) is 0 Å². The zero-order chi connectivity index (χ0) is 11.5. The van der Waals surface area contributed by atoms with Gasteiger partial charge in [0.1, 0.15) is 0 Å². The third-order valence-electron chi connectivity index (χ3n) is 2.88. The number of hydrogen-bond donors (Lipinski definition) is 0. The molecule has 1 heterocycles. The molecule has 3 rings (SSSR count). The Morgan fingerprint density at radius 3 is 1.71 bits per heavy atom. The molecule has 0 N–H and O–H groups in total. The van der Waals surface area contributed by atoms with Crippen molar-refractivity contribution in [1.29, 1.82) is 0 Å². The summed E-state index contributed by atoms with van der Waals surface area (Å²) in [5.41, 5.74) is 2.69. The first kappa shape index (κ1) is 10.9. The van der Waals surface area contributed by atoms with Crippen LogP contribution in [-0.4, -0.2) is 21.8 Å². The molecule has 1 heteroatoms. The molecule has 82 valence electrons. The monoisotopic (exact) mass is 414 g/mol. The van der Waals surface area contributed by atoms with E-state index in [1.54, 1.807) is 3.27 Å². The van der Waals surface area contributed by atoms with Gasteiger partial charge in [0.05, 0.1) is 0 Å². The quantitative estimate of drug-likeness (QED) is 0.629. The Kier molecular flexibility index (Phi) is 3.20. The van der Waals surface area contributed by atoms with Crippen molar-refractivity contribution in [3.05, 3.63) is 73.3 Å². The zero-order valence-corrected chi connectivity index (χ0v) is 12.9. The van der Waals surface area contributed by atoms with Gasteiger partial charge in [-0.1, -0.05) is 0 Å². The maximum atomic E-state index is 2.47. The van der Waals surface area contributed by atoms with E-state index >= 15 is 0 Å². The summed E-state index contributed by atoms with van der Waals surface area (Å²) in [7, 11) is 0. The van der Waals surface area contributed by atoms with E-state index in [9.17, 15) is 0 Å². The Labute approximate surface area is 110 Å². The number of benzene rings is 2. The zero-order valence-electron chi connectivity index (χ0n) is 9.45. The van der Waals surface area contributed by atoms with Crippen molar-refractivity contribution in [1.82, 2.24) is 0 Å². The average Bonchev–Trinajstić information content (AvgIpc) is 2.62. The fraction of sp³-hybridized carbons (Fsp3) is 0. The Bertz CT molecular complexity index is 534. The van der Waals surface area contributed by atoms with Gasteiger partial charge in [-0.2, -0.15) is 0 Å². The molecule has 0 aromatic heterocycles. The van der Waals surface area contributed by atoms with Crippen molar-refractivity contribution in [2.24, 2.45) is 0 Å². The molecule has 0 unspecified atom stereocenters. The first-order valence-corrected chi connectivity index (χ1v) is 11.5. The number of fused-ring (bicyclic) bond motifs is 1. The molecule has 0 saturated heterocycles. The van der Waals surface area contributed by atoms with Crippen LogP contribution < -0.4 is 3.27 Å². The topological polar surface area (TPSA) is 0 Å². The van der Waals surface area contributed by atoms with Crippen molar-refractivity contribution in [3.8, 4) is 0 Å². The Morgan fingerprint density at radius 2 is 1.12 bits per heavy atom. The molecule has 0 atom stereocenters. The molecule has 0 bridgehead atoms. The Hall–Kier alpha value is -1.20. The minimum atomic E-state index is -1.76. The van der Waals surface area contributed by atoms with E-state index in [2.05, 4.69) is 74.3 Å². The van der Waals surface area contributed by atoms with Crippen LogP contribution in [0.3, 0.4) is 0 Å². The Morgan fingerprint density at radius 1 is 0.588 bits per heavy atom. The summed E-state index contributed by atoms with van der Waals surface area (Å²) in [6.45, 7) is 0. The summed E-state index contributed by atoms with van der Waals surface area (Å²) in [6, 6.07) is 19.5. The maximum absolute atomic E-state index is 2.47. The van der Waals surface area contributed by atoms with Gasteiger partial charge in [-0.05, 0) is 0 Å². The van der Waals surface area contributed by atoms with Crippen LogP contribution in [0.1, 0.15) is 11.1 Å². The van der Waals surface area contributed by atoms with Gasteiger partial charge in [-0.3, -0.25) is 0 Å². The minimum absolute atomic E-state index is 1.34. The second-order valence-corrected chi connectivity index (χ2v) is 11.5. The molecule has 0 aliphatic carbocycles. The second kappa shape index (κ2) is 4.98. The summed E-state index contributed by atoms with van der Waals surface area (Å²) in [5.74, 6) is 0. The van der Waals surface area contributed by atoms with Crippen LogP contribution in [0.25, 0.3) is 12.2 Å². The van der Waals surface area contributed by atoms with Gasteiger partial charge in [0.25, 0.3) is 0 Å². The normalized spacial score (nSPS) is 14.4. The van der Waals surface area contributed by atoms with Crippen molar-refractivity contribution in [2.45, 2.75) is 0 Å². The van der Waals surface area contributed by atoms with Crippen LogP contribution in [0.2, 0.25) is 0 Å². The first-order chi connectivity index (χ1) is 8.43. The molecule has 17 heavy (non-hydrogen) atoms. The predicted molar refractivity (Wildman–Crippen MR) is 76.3 cm³/mol. The fourth-order valence-corrected chi connectivity index (χ4v) is 8.19. The van der Waals surface area contributed by atoms with Gasteiger partial charge in [0.15, 0.2) is 0 Å². The summed E-state index contributed by atoms with van der Waals surface area (Å²) in [6.07, 6.45) is 4.61. The van der Waals surface area contributed by atoms with Gasteiger partial charge in [0, 0.05) is 0 Å². The van der Waals surface area contributed by atoms with E-state index in [0.717, 1.165) is 0 Å². The van der Waals surface area contributed by atoms with Crippen LogP contribution in [0.4, 0.5) is 0 Å². The molecule has 0 nitrogen and oxygen atoms in total. The van der Waals surface area contributed by atoms with E-state index in [0.29, 0.717) is 0 Å². The number of hydrogen-bond acceptors (Lipinski definition) is 0.